The van der Waals surface area contributed by atoms with Gasteiger partial charge in [-0.2, -0.15) is 10.5 Å². The van der Waals surface area contributed by atoms with E-state index in [4.69, 9.17) is 27.9 Å². The Morgan fingerprint density at radius 1 is 1.06 bits per heavy atom. The van der Waals surface area contributed by atoms with E-state index in [0.717, 1.165) is 4.47 Å². The van der Waals surface area contributed by atoms with Crippen LogP contribution in [-0.2, 0) is 11.4 Å². The Labute approximate surface area is 203 Å². The summed E-state index contributed by atoms with van der Waals surface area (Å²) < 4.78 is 6.53. The molecule has 0 aliphatic heterocycles. The van der Waals surface area contributed by atoms with Crippen molar-refractivity contribution < 1.29 is 9.53 Å². The molecule has 8 heteroatoms. The first-order valence-electron chi connectivity index (χ1n) is 9.20. The molecule has 3 rings (SSSR count). The van der Waals surface area contributed by atoms with Gasteiger partial charge in [-0.3, -0.25) is 4.79 Å². The van der Waals surface area contributed by atoms with Crippen LogP contribution < -0.4 is 10.1 Å². The van der Waals surface area contributed by atoms with E-state index in [-0.39, 0.29) is 28.0 Å². The van der Waals surface area contributed by atoms with Crippen LogP contribution in [0.25, 0.3) is 6.08 Å². The maximum atomic E-state index is 12.5. The molecule has 0 atom stereocenters. The summed E-state index contributed by atoms with van der Waals surface area (Å²) in [6, 6.07) is 21.1. The van der Waals surface area contributed by atoms with Crippen molar-refractivity contribution in [3.05, 3.63) is 97.4 Å². The van der Waals surface area contributed by atoms with Gasteiger partial charge in [0.25, 0.3) is 5.91 Å². The monoisotopic (exact) mass is 525 g/mol. The molecule has 0 bridgehead atoms. The van der Waals surface area contributed by atoms with Gasteiger partial charge in [0.1, 0.15) is 18.2 Å². The first kappa shape index (κ1) is 23.4. The van der Waals surface area contributed by atoms with Gasteiger partial charge in [0.05, 0.1) is 21.7 Å². The Kier molecular flexibility index (Phi) is 7.92. The third-order valence-electron chi connectivity index (χ3n) is 4.29. The fourth-order valence-corrected chi connectivity index (χ4v) is 3.80. The Morgan fingerprint density at radius 2 is 1.78 bits per heavy atom. The van der Waals surface area contributed by atoms with Crippen LogP contribution in [0.3, 0.4) is 0 Å². The maximum Gasteiger partial charge on any atom is 0.266 e. The molecule has 0 saturated heterocycles. The topological polar surface area (TPSA) is 85.9 Å². The van der Waals surface area contributed by atoms with Gasteiger partial charge in [-0.05, 0) is 48.0 Å². The van der Waals surface area contributed by atoms with Crippen molar-refractivity contribution in [2.24, 2.45) is 0 Å². The van der Waals surface area contributed by atoms with Crippen LogP contribution in [-0.4, -0.2) is 5.91 Å². The van der Waals surface area contributed by atoms with Crippen molar-refractivity contribution in [3.8, 4) is 17.9 Å². The molecule has 0 aliphatic rings. The number of nitriles is 2. The van der Waals surface area contributed by atoms with E-state index < -0.39 is 5.91 Å². The molecule has 0 aromatic heterocycles. The van der Waals surface area contributed by atoms with E-state index in [2.05, 4.69) is 27.3 Å². The Balaban J connectivity index is 1.79. The van der Waals surface area contributed by atoms with Crippen molar-refractivity contribution >= 4 is 56.8 Å². The number of halogens is 3. The highest BCUT2D eigenvalue weighted by atomic mass is 79.9. The molecule has 0 fully saturated rings. The first-order chi connectivity index (χ1) is 15.4. The van der Waals surface area contributed by atoms with Crippen molar-refractivity contribution in [1.29, 1.82) is 10.5 Å². The molecule has 0 aliphatic carbocycles. The summed E-state index contributed by atoms with van der Waals surface area (Å²) in [5.74, 6) is -0.318. The van der Waals surface area contributed by atoms with E-state index >= 15 is 0 Å². The molecule has 1 amide bonds. The minimum Gasteiger partial charge on any atom is -0.486 e. The molecular formula is C24H14BrCl2N3O2. The molecule has 32 heavy (non-hydrogen) atoms. The SMILES string of the molecule is N#C/C(=C/c1cc(Cl)c(OCc2ccccc2C#N)c(Cl)c1)C(=O)Nc1cccc(Br)c1. The highest BCUT2D eigenvalue weighted by Crippen LogP contribution is 2.35. The summed E-state index contributed by atoms with van der Waals surface area (Å²) in [7, 11) is 0. The second-order valence-electron chi connectivity index (χ2n) is 6.51. The van der Waals surface area contributed by atoms with E-state index in [1.807, 2.05) is 12.1 Å². The lowest BCUT2D eigenvalue weighted by Crippen LogP contribution is -2.13. The fourth-order valence-electron chi connectivity index (χ4n) is 2.79. The van der Waals surface area contributed by atoms with Crippen molar-refractivity contribution in [2.45, 2.75) is 6.61 Å². The summed E-state index contributed by atoms with van der Waals surface area (Å²) in [6.45, 7) is 0.108. The standard InChI is InChI=1S/C24H14BrCl2N3O2/c25-19-6-3-7-20(11-19)30-24(31)18(13-29)8-15-9-21(26)23(22(27)10-15)32-14-17-5-2-1-4-16(17)12-28/h1-11H,14H2,(H,30,31)/b18-8-. The Hall–Kier alpha value is -3.29. The van der Waals surface area contributed by atoms with E-state index in [1.54, 1.807) is 54.6 Å². The number of carbonyl (C=O) groups excluding carboxylic acids is 1. The summed E-state index contributed by atoms with van der Waals surface area (Å²) in [5, 5.41) is 21.7. The zero-order chi connectivity index (χ0) is 23.1. The van der Waals surface area contributed by atoms with Crippen molar-refractivity contribution in [1.82, 2.24) is 0 Å². The third kappa shape index (κ3) is 5.90. The van der Waals surface area contributed by atoms with Crippen LogP contribution >= 0.6 is 39.1 Å². The maximum absolute atomic E-state index is 12.5. The van der Waals surface area contributed by atoms with Gasteiger partial charge < -0.3 is 10.1 Å². The number of hydrogen-bond donors (Lipinski definition) is 1. The first-order valence-corrected chi connectivity index (χ1v) is 10.7. The van der Waals surface area contributed by atoms with E-state index in [1.165, 1.54) is 6.08 Å². The summed E-state index contributed by atoms with van der Waals surface area (Å²) in [4.78, 5) is 12.5. The molecule has 0 unspecified atom stereocenters. The van der Waals surface area contributed by atoms with Gasteiger partial charge in [0.15, 0.2) is 5.75 Å². The molecule has 158 valence electrons. The van der Waals surface area contributed by atoms with Gasteiger partial charge in [-0.15, -0.1) is 0 Å². The van der Waals surface area contributed by atoms with Crippen LogP contribution in [0.4, 0.5) is 5.69 Å². The Bertz CT molecular complexity index is 1270. The molecule has 3 aromatic carbocycles. The highest BCUT2D eigenvalue weighted by molar-refractivity contribution is 9.10. The number of anilines is 1. The quantitative estimate of drug-likeness (QED) is 0.284. The molecule has 3 aromatic rings. The van der Waals surface area contributed by atoms with E-state index in [0.29, 0.717) is 22.4 Å². The second-order valence-corrected chi connectivity index (χ2v) is 8.24. The predicted octanol–water partition coefficient (Wildman–Crippen LogP) is 6.75. The van der Waals surface area contributed by atoms with Gasteiger partial charge in [-0.1, -0.05) is 63.4 Å². The number of benzene rings is 3. The Morgan fingerprint density at radius 3 is 2.44 bits per heavy atom. The van der Waals surface area contributed by atoms with Gasteiger partial charge >= 0.3 is 0 Å². The lowest BCUT2D eigenvalue weighted by Gasteiger charge is -2.12. The van der Waals surface area contributed by atoms with Crippen LogP contribution in [0.5, 0.6) is 5.75 Å². The number of nitrogens with one attached hydrogen (secondary N) is 1. The smallest absolute Gasteiger partial charge is 0.266 e. The predicted molar refractivity (Wildman–Crippen MR) is 128 cm³/mol. The minimum atomic E-state index is -0.564. The number of carbonyl (C=O) groups is 1. The summed E-state index contributed by atoms with van der Waals surface area (Å²) in [6.07, 6.45) is 1.39. The molecule has 0 saturated carbocycles. The van der Waals surface area contributed by atoms with Crippen LogP contribution in [0, 0.1) is 22.7 Å². The van der Waals surface area contributed by atoms with Crippen LogP contribution in [0.15, 0.2) is 70.7 Å². The average molecular weight is 527 g/mol. The molecule has 5 nitrogen and oxygen atoms in total. The zero-order valence-electron chi connectivity index (χ0n) is 16.4. The van der Waals surface area contributed by atoms with Gasteiger partial charge in [0, 0.05) is 15.7 Å². The number of rotatable bonds is 6. The third-order valence-corrected chi connectivity index (χ3v) is 5.34. The largest absolute Gasteiger partial charge is 0.486 e. The number of nitrogens with zero attached hydrogens (tertiary/aromatic N) is 2. The average Bonchev–Trinajstić information content (AvgIpc) is 2.77. The second kappa shape index (κ2) is 10.8. The van der Waals surface area contributed by atoms with Gasteiger partial charge in [0.2, 0.25) is 0 Å². The summed E-state index contributed by atoms with van der Waals surface area (Å²) in [5.41, 5.74) is 2.08. The number of ether oxygens (including phenoxy) is 1. The molecule has 0 spiro atoms. The zero-order valence-corrected chi connectivity index (χ0v) is 19.5. The van der Waals surface area contributed by atoms with Crippen LogP contribution in [0.2, 0.25) is 10.0 Å². The molecule has 0 radical (unpaired) electrons. The van der Waals surface area contributed by atoms with Crippen molar-refractivity contribution in [2.75, 3.05) is 5.32 Å². The fraction of sp³-hybridized carbons (Fsp3) is 0.0417. The normalized spacial score (nSPS) is 10.7. The lowest BCUT2D eigenvalue weighted by atomic mass is 10.1. The molecular weight excluding hydrogens is 513 g/mol. The number of hydrogen-bond acceptors (Lipinski definition) is 4. The highest BCUT2D eigenvalue weighted by Gasteiger charge is 2.14. The number of amides is 1. The van der Waals surface area contributed by atoms with Crippen molar-refractivity contribution in [3.63, 3.8) is 0 Å². The lowest BCUT2D eigenvalue weighted by molar-refractivity contribution is -0.112. The molecule has 0 heterocycles. The minimum absolute atomic E-state index is 0.108. The molecule has 1 N–H and O–H groups in total. The van der Waals surface area contributed by atoms with Gasteiger partial charge in [-0.25, -0.2) is 0 Å². The summed E-state index contributed by atoms with van der Waals surface area (Å²) >= 11 is 16.0. The van der Waals surface area contributed by atoms with E-state index in [9.17, 15) is 15.3 Å². The van der Waals surface area contributed by atoms with Crippen LogP contribution in [0.1, 0.15) is 16.7 Å².